The van der Waals surface area contributed by atoms with Crippen molar-refractivity contribution in [3.8, 4) is 17.1 Å². The van der Waals surface area contributed by atoms with Crippen LogP contribution in [0.1, 0.15) is 138 Å². The van der Waals surface area contributed by atoms with Gasteiger partial charge in [-0.05, 0) is 136 Å². The predicted octanol–water partition coefficient (Wildman–Crippen LogP) is 7.92. The molecule has 75 heavy (non-hydrogen) atoms. The number of aliphatic hydroxyl groups is 1. The number of anilines is 1. The van der Waals surface area contributed by atoms with E-state index in [0.29, 0.717) is 75.3 Å². The van der Waals surface area contributed by atoms with Crippen LogP contribution in [0.4, 0.5) is 5.69 Å². The summed E-state index contributed by atoms with van der Waals surface area (Å²) in [7, 11) is 2.10. The molecule has 15 heteroatoms. The van der Waals surface area contributed by atoms with Crippen LogP contribution in [0.15, 0.2) is 76.1 Å². The molecule has 4 aliphatic carbocycles. The Hall–Kier alpha value is -6.45. The fourth-order valence-electron chi connectivity index (χ4n) is 14.7. The highest BCUT2D eigenvalue weighted by atomic mass is 16.6. The zero-order valence-corrected chi connectivity index (χ0v) is 44.0. The molecule has 7 aliphatic rings. The lowest BCUT2D eigenvalue weighted by Crippen LogP contribution is -2.57. The largest absolute Gasteiger partial charge is 0.508 e. The number of nitrogens with zero attached hydrogens (tertiary/aromatic N) is 5. The SMILES string of the molecule is CC[C@@]1(O)C(=O)OCc2c1cc1n(c2=O)Cc2cc3c(CN4CCN(C(=O)CCCCCN(C)c5ccc([C@H]6C[C@@]7(C)[C@@H](CC[C@]7(OC(C)=O)C(C)=O)[C@@H]7CCC8=CC(=O)CCC8=C76)cc5)CC4)c(O)ccc3nc2-1. The summed E-state index contributed by atoms with van der Waals surface area (Å²) in [6.07, 6.45) is 10.2. The maximum atomic E-state index is 13.7. The second-order valence-electron chi connectivity index (χ2n) is 22.7. The van der Waals surface area contributed by atoms with Gasteiger partial charge in [0, 0.05) is 105 Å². The summed E-state index contributed by atoms with van der Waals surface area (Å²) < 4.78 is 13.0. The number of unbranched alkanes of at least 4 members (excludes halogenated alkanes) is 2. The summed E-state index contributed by atoms with van der Waals surface area (Å²) in [4.78, 5) is 90.0. The number of aromatic hydroxyl groups is 1. The molecule has 1 amide bonds. The van der Waals surface area contributed by atoms with Crippen molar-refractivity contribution in [2.75, 3.05) is 44.7 Å². The molecule has 5 heterocycles. The number of carbonyl (C=O) groups is 5. The monoisotopic (exact) mass is 1020 g/mol. The number of phenols is 1. The normalized spacial score (nSPS) is 26.9. The molecule has 3 aliphatic heterocycles. The first-order chi connectivity index (χ1) is 35.9. The topological polar surface area (TPSA) is 189 Å². The number of fused-ring (bicyclic) bond motifs is 9. The molecule has 2 saturated carbocycles. The van der Waals surface area contributed by atoms with Gasteiger partial charge in [-0.15, -0.1) is 0 Å². The second kappa shape index (κ2) is 19.3. The van der Waals surface area contributed by atoms with Crippen LogP contribution in [0.25, 0.3) is 22.3 Å². The number of benzene rings is 2. The minimum absolute atomic E-state index is 0.0344. The van der Waals surface area contributed by atoms with E-state index < -0.39 is 28.6 Å². The molecule has 2 aromatic heterocycles. The number of phenolic OH excluding ortho intramolecular Hbond substituents is 1. The fourth-order valence-corrected chi connectivity index (χ4v) is 14.7. The van der Waals surface area contributed by atoms with Crippen molar-refractivity contribution >= 4 is 46.0 Å². The molecule has 15 nitrogen and oxygen atoms in total. The number of amides is 1. The van der Waals surface area contributed by atoms with Crippen LogP contribution in [-0.4, -0.2) is 104 Å². The van der Waals surface area contributed by atoms with Gasteiger partial charge in [-0.3, -0.25) is 28.9 Å². The Bertz CT molecular complexity index is 3190. The van der Waals surface area contributed by atoms with Gasteiger partial charge in [0.05, 0.1) is 29.0 Å². The molecule has 1 saturated heterocycles. The Morgan fingerprint density at radius 1 is 0.947 bits per heavy atom. The van der Waals surface area contributed by atoms with Gasteiger partial charge in [0.2, 0.25) is 5.91 Å². The van der Waals surface area contributed by atoms with Crippen molar-refractivity contribution in [3.63, 3.8) is 0 Å². The Morgan fingerprint density at radius 3 is 2.45 bits per heavy atom. The quantitative estimate of drug-likeness (QED) is 0.0856. The van der Waals surface area contributed by atoms with Crippen LogP contribution in [0.5, 0.6) is 5.75 Å². The molecule has 3 fully saturated rings. The van der Waals surface area contributed by atoms with Crippen molar-refractivity contribution in [1.82, 2.24) is 19.4 Å². The van der Waals surface area contributed by atoms with Crippen LogP contribution < -0.4 is 10.5 Å². The average molecular weight is 1020 g/mol. The molecule has 0 unspecified atom stereocenters. The van der Waals surface area contributed by atoms with Gasteiger partial charge in [-0.1, -0.05) is 38.0 Å². The molecule has 4 aromatic rings. The number of allylic oxidation sites excluding steroid dienone is 4. The van der Waals surface area contributed by atoms with Crippen molar-refractivity contribution in [3.05, 3.63) is 109 Å². The number of hydrogen-bond donors (Lipinski definition) is 2. The summed E-state index contributed by atoms with van der Waals surface area (Å²) in [6.45, 7) is 10.7. The number of Topliss-reactive ketones (excluding diaryl/α,β-unsaturated/α-hetero) is 1. The fraction of sp³-hybridized carbons (Fsp3) is 0.517. The van der Waals surface area contributed by atoms with Crippen LogP contribution in [0.3, 0.4) is 0 Å². The van der Waals surface area contributed by atoms with Crippen molar-refractivity contribution in [2.45, 2.75) is 142 Å². The summed E-state index contributed by atoms with van der Waals surface area (Å²) in [6, 6.07) is 15.9. The lowest BCUT2D eigenvalue weighted by atomic mass is 9.50. The number of ether oxygens (including phenoxy) is 2. The molecule has 0 spiro atoms. The minimum Gasteiger partial charge on any atom is -0.508 e. The molecule has 0 bridgehead atoms. The first-order valence-corrected chi connectivity index (χ1v) is 27.2. The molecule has 11 rings (SSSR count). The van der Waals surface area contributed by atoms with Gasteiger partial charge >= 0.3 is 11.9 Å². The highest BCUT2D eigenvalue weighted by molar-refractivity contribution is 5.93. The van der Waals surface area contributed by atoms with E-state index in [4.69, 9.17) is 14.5 Å². The zero-order valence-electron chi connectivity index (χ0n) is 44.0. The van der Waals surface area contributed by atoms with Crippen LogP contribution in [0.2, 0.25) is 0 Å². The zero-order chi connectivity index (χ0) is 52.7. The minimum atomic E-state index is -1.91. The van der Waals surface area contributed by atoms with Crippen molar-refractivity contribution in [2.24, 2.45) is 17.3 Å². The van der Waals surface area contributed by atoms with Crippen LogP contribution in [-0.2, 0) is 58.7 Å². The molecule has 0 radical (unpaired) electrons. The van der Waals surface area contributed by atoms with Crippen LogP contribution in [0, 0.1) is 17.3 Å². The van der Waals surface area contributed by atoms with Gasteiger partial charge in [0.25, 0.3) is 5.56 Å². The van der Waals surface area contributed by atoms with Gasteiger partial charge in [0.15, 0.2) is 22.8 Å². The third-order valence-corrected chi connectivity index (χ3v) is 18.7. The maximum absolute atomic E-state index is 13.7. The smallest absolute Gasteiger partial charge is 0.343 e. The molecular formula is C60H69N5O10. The number of pyridine rings is 2. The third-order valence-electron chi connectivity index (χ3n) is 18.7. The number of carbonyl (C=O) groups excluding carboxylic acids is 5. The highest BCUT2D eigenvalue weighted by Crippen LogP contribution is 2.68. The average Bonchev–Trinajstić information content (AvgIpc) is 3.92. The Balaban J connectivity index is 0.688. The lowest BCUT2D eigenvalue weighted by Gasteiger charge is -2.55. The van der Waals surface area contributed by atoms with E-state index in [2.05, 4.69) is 48.0 Å². The van der Waals surface area contributed by atoms with Gasteiger partial charge in [-0.2, -0.15) is 0 Å². The molecule has 6 atom stereocenters. The Kier molecular flexibility index (Phi) is 13.0. The standard InChI is InChI=1S/C60H69N5O10/c1-6-59(73)49-30-51-55-39(32-65(51)56(71)47(49)34-74-57(59)72)29-44-46(52(69)20-19-50(44)61-55)33-63-24-26-64(27-25-63)53(70)10-8-7-9-23-62(5)40-14-11-37(12-15-40)45-31-58(4)48(21-22-60(58,35(2)66)75-36(3)67)43-17-13-38-28-41(68)16-18-42(38)54(43)45/h11-12,14-15,19-20,28-30,43,45,48,69,73H,6-10,13,16-18,21-27,31-34H2,1-5H3/t43-,45+,48-,58-,59-,60-/m0/s1. The van der Waals surface area contributed by atoms with E-state index in [9.17, 15) is 39.0 Å². The number of esters is 2. The maximum Gasteiger partial charge on any atom is 0.343 e. The molecule has 2 aromatic carbocycles. The number of ketones is 2. The summed E-state index contributed by atoms with van der Waals surface area (Å²) >= 11 is 0. The number of aromatic nitrogens is 2. The number of hydrogen-bond acceptors (Lipinski definition) is 13. The molecule has 2 N–H and O–H groups in total. The van der Waals surface area contributed by atoms with Crippen molar-refractivity contribution < 1.29 is 43.7 Å². The highest BCUT2D eigenvalue weighted by Gasteiger charge is 2.67. The van der Waals surface area contributed by atoms with E-state index in [-0.39, 0.29) is 77.2 Å². The first-order valence-electron chi connectivity index (χ1n) is 27.2. The van der Waals surface area contributed by atoms with Gasteiger partial charge < -0.3 is 34.1 Å². The summed E-state index contributed by atoms with van der Waals surface area (Å²) in [5.74, 6) is -0.244. The van der Waals surface area contributed by atoms with Crippen LogP contribution >= 0.6 is 0 Å². The van der Waals surface area contributed by atoms with E-state index >= 15 is 0 Å². The second-order valence-corrected chi connectivity index (χ2v) is 22.7. The number of cyclic esters (lactones) is 1. The predicted molar refractivity (Wildman–Crippen MR) is 282 cm³/mol. The van der Waals surface area contributed by atoms with Gasteiger partial charge in [0.1, 0.15) is 12.4 Å². The van der Waals surface area contributed by atoms with E-state index in [1.807, 2.05) is 17.0 Å². The van der Waals surface area contributed by atoms with Gasteiger partial charge in [-0.25, -0.2) is 9.78 Å². The summed E-state index contributed by atoms with van der Waals surface area (Å²) in [5, 5.41) is 23.2. The number of piperazine rings is 1. The number of rotatable bonds is 13. The van der Waals surface area contributed by atoms with E-state index in [0.717, 1.165) is 73.7 Å². The lowest BCUT2D eigenvalue weighted by molar-refractivity contribution is -0.182. The Morgan fingerprint density at radius 2 is 1.72 bits per heavy atom. The molecule has 394 valence electrons. The van der Waals surface area contributed by atoms with E-state index in [1.54, 1.807) is 36.6 Å². The first kappa shape index (κ1) is 50.7. The molecular weight excluding hydrogens is 951 g/mol. The third kappa shape index (κ3) is 8.43. The van der Waals surface area contributed by atoms with E-state index in [1.165, 1.54) is 29.2 Å². The Labute approximate surface area is 437 Å². The summed E-state index contributed by atoms with van der Waals surface area (Å²) in [5.41, 5.74) is 6.21. The van der Waals surface area contributed by atoms with Crippen molar-refractivity contribution in [1.29, 1.82) is 0 Å².